The standard InChI is InChI=1S/C16H12N2O5/c1-9-3-5-11(7-14(9)18(20)21)15-17-13(16(19)23-15)8-12-6-4-10(2)22-12/h3-8H,1-2H3/b13-8+. The molecular formula is C16H12N2O5. The molecule has 1 aliphatic rings. The van der Waals surface area contributed by atoms with Gasteiger partial charge in [-0.15, -0.1) is 0 Å². The van der Waals surface area contributed by atoms with E-state index in [0.29, 0.717) is 22.6 Å². The molecule has 0 radical (unpaired) electrons. The van der Waals surface area contributed by atoms with E-state index in [9.17, 15) is 14.9 Å². The molecule has 116 valence electrons. The van der Waals surface area contributed by atoms with E-state index < -0.39 is 10.9 Å². The van der Waals surface area contributed by atoms with Gasteiger partial charge in [0.2, 0.25) is 5.90 Å². The monoisotopic (exact) mass is 312 g/mol. The third kappa shape index (κ3) is 2.89. The van der Waals surface area contributed by atoms with Crippen molar-refractivity contribution in [1.29, 1.82) is 0 Å². The molecule has 0 bridgehead atoms. The summed E-state index contributed by atoms with van der Waals surface area (Å²) in [6.07, 6.45) is 1.46. The zero-order chi connectivity index (χ0) is 16.6. The summed E-state index contributed by atoms with van der Waals surface area (Å²) in [5.41, 5.74) is 0.915. The van der Waals surface area contributed by atoms with Crippen LogP contribution in [0, 0.1) is 24.0 Å². The summed E-state index contributed by atoms with van der Waals surface area (Å²) in [4.78, 5) is 26.5. The minimum atomic E-state index is -0.628. The van der Waals surface area contributed by atoms with Gasteiger partial charge in [-0.05, 0) is 32.0 Å². The van der Waals surface area contributed by atoms with Crippen LogP contribution in [0.15, 0.2) is 45.4 Å². The first kappa shape index (κ1) is 14.7. The summed E-state index contributed by atoms with van der Waals surface area (Å²) < 4.78 is 10.5. The molecule has 0 N–H and O–H groups in total. The maximum atomic E-state index is 11.9. The summed E-state index contributed by atoms with van der Waals surface area (Å²) in [6.45, 7) is 3.42. The number of aliphatic imine (C=N–C) groups is 1. The van der Waals surface area contributed by atoms with Gasteiger partial charge in [-0.25, -0.2) is 9.79 Å². The van der Waals surface area contributed by atoms with E-state index in [2.05, 4.69) is 4.99 Å². The van der Waals surface area contributed by atoms with Crippen LogP contribution in [0.5, 0.6) is 0 Å². The normalized spacial score (nSPS) is 15.7. The van der Waals surface area contributed by atoms with E-state index in [0.717, 1.165) is 0 Å². The van der Waals surface area contributed by atoms with E-state index >= 15 is 0 Å². The number of carbonyl (C=O) groups is 1. The van der Waals surface area contributed by atoms with Gasteiger partial charge in [0, 0.05) is 23.3 Å². The molecule has 7 nitrogen and oxygen atoms in total. The molecule has 0 unspecified atom stereocenters. The molecule has 3 rings (SSSR count). The molecule has 1 aliphatic heterocycles. The number of nitrogens with zero attached hydrogens (tertiary/aromatic N) is 2. The predicted molar refractivity (Wildman–Crippen MR) is 81.9 cm³/mol. The van der Waals surface area contributed by atoms with Crippen molar-refractivity contribution < 1.29 is 18.9 Å². The van der Waals surface area contributed by atoms with Crippen LogP contribution in [0.3, 0.4) is 0 Å². The first-order valence-corrected chi connectivity index (χ1v) is 6.78. The number of hydrogen-bond donors (Lipinski definition) is 0. The third-order valence-electron chi connectivity index (χ3n) is 3.31. The van der Waals surface area contributed by atoms with Crippen molar-refractivity contribution in [3.05, 3.63) is 68.8 Å². The molecule has 1 aromatic carbocycles. The van der Waals surface area contributed by atoms with Crippen molar-refractivity contribution in [2.75, 3.05) is 0 Å². The molecule has 0 fully saturated rings. The highest BCUT2D eigenvalue weighted by Crippen LogP contribution is 2.24. The second-order valence-corrected chi connectivity index (χ2v) is 5.04. The Morgan fingerprint density at radius 1 is 1.22 bits per heavy atom. The van der Waals surface area contributed by atoms with E-state index in [1.165, 1.54) is 12.1 Å². The highest BCUT2D eigenvalue weighted by atomic mass is 16.6. The van der Waals surface area contributed by atoms with Crippen molar-refractivity contribution in [2.45, 2.75) is 13.8 Å². The van der Waals surface area contributed by atoms with Crippen LogP contribution in [-0.2, 0) is 9.53 Å². The number of esters is 1. The minimum Gasteiger partial charge on any atom is -0.462 e. The summed E-state index contributed by atoms with van der Waals surface area (Å²) in [6, 6.07) is 8.01. The Labute approximate surface area is 131 Å². The Balaban J connectivity index is 1.97. The van der Waals surface area contributed by atoms with Gasteiger partial charge >= 0.3 is 5.97 Å². The molecule has 1 aromatic heterocycles. The predicted octanol–water partition coefficient (Wildman–Crippen LogP) is 3.15. The average molecular weight is 312 g/mol. The molecule has 2 aromatic rings. The van der Waals surface area contributed by atoms with E-state index in [4.69, 9.17) is 9.15 Å². The van der Waals surface area contributed by atoms with Gasteiger partial charge in [0.1, 0.15) is 11.5 Å². The quantitative estimate of drug-likeness (QED) is 0.375. The lowest BCUT2D eigenvalue weighted by Gasteiger charge is -2.01. The first-order valence-electron chi connectivity index (χ1n) is 6.78. The Bertz CT molecular complexity index is 876. The topological polar surface area (TPSA) is 94.9 Å². The van der Waals surface area contributed by atoms with Crippen LogP contribution < -0.4 is 0 Å². The molecule has 0 saturated heterocycles. The highest BCUT2D eigenvalue weighted by molar-refractivity contribution is 6.12. The van der Waals surface area contributed by atoms with Crippen LogP contribution >= 0.6 is 0 Å². The van der Waals surface area contributed by atoms with Gasteiger partial charge in [0.25, 0.3) is 5.69 Å². The number of aryl methyl sites for hydroxylation is 2. The molecule has 0 amide bonds. The number of nitro benzene ring substituents is 1. The maximum absolute atomic E-state index is 11.9. The van der Waals surface area contributed by atoms with Gasteiger partial charge in [0.05, 0.1) is 4.92 Å². The smallest absolute Gasteiger partial charge is 0.363 e. The molecule has 0 spiro atoms. The minimum absolute atomic E-state index is 0.0348. The summed E-state index contributed by atoms with van der Waals surface area (Å²) in [5.74, 6) is 0.598. The Kier molecular flexibility index (Phi) is 3.53. The second-order valence-electron chi connectivity index (χ2n) is 5.04. The molecule has 23 heavy (non-hydrogen) atoms. The molecular weight excluding hydrogens is 300 g/mol. The average Bonchev–Trinajstić information content (AvgIpc) is 3.06. The van der Waals surface area contributed by atoms with Crippen molar-refractivity contribution >= 4 is 23.6 Å². The second kappa shape index (κ2) is 5.53. The SMILES string of the molecule is Cc1ccc(/C=C2/N=C(c3ccc(C)c([N+](=O)[O-])c3)OC2=O)o1. The van der Waals surface area contributed by atoms with Gasteiger partial charge in [-0.1, -0.05) is 6.07 Å². The summed E-state index contributed by atoms with van der Waals surface area (Å²) in [7, 11) is 0. The van der Waals surface area contributed by atoms with E-state index in [1.807, 2.05) is 0 Å². The summed E-state index contributed by atoms with van der Waals surface area (Å²) in [5, 5.41) is 11.0. The Morgan fingerprint density at radius 3 is 2.65 bits per heavy atom. The van der Waals surface area contributed by atoms with Gasteiger partial charge in [-0.3, -0.25) is 10.1 Å². The molecule has 0 saturated carbocycles. The van der Waals surface area contributed by atoms with Crippen LogP contribution in [0.25, 0.3) is 6.08 Å². The molecule has 2 heterocycles. The largest absolute Gasteiger partial charge is 0.462 e. The third-order valence-corrected chi connectivity index (χ3v) is 3.31. The van der Waals surface area contributed by atoms with Gasteiger partial charge < -0.3 is 9.15 Å². The molecule has 0 aliphatic carbocycles. The van der Waals surface area contributed by atoms with Crippen molar-refractivity contribution in [3.8, 4) is 0 Å². The lowest BCUT2D eigenvalue weighted by Crippen LogP contribution is -2.06. The van der Waals surface area contributed by atoms with Crippen molar-refractivity contribution in [2.24, 2.45) is 4.99 Å². The number of hydrogen-bond acceptors (Lipinski definition) is 6. The zero-order valence-electron chi connectivity index (χ0n) is 12.4. The maximum Gasteiger partial charge on any atom is 0.363 e. The lowest BCUT2D eigenvalue weighted by atomic mass is 10.1. The lowest BCUT2D eigenvalue weighted by molar-refractivity contribution is -0.385. The zero-order valence-corrected chi connectivity index (χ0v) is 12.4. The number of nitro groups is 1. The number of rotatable bonds is 3. The molecule has 7 heteroatoms. The Morgan fingerprint density at radius 2 is 2.00 bits per heavy atom. The number of furan rings is 1. The van der Waals surface area contributed by atoms with Gasteiger partial charge in [0.15, 0.2) is 5.70 Å². The fraction of sp³-hybridized carbons (Fsp3) is 0.125. The Hall–Kier alpha value is -3.22. The summed E-state index contributed by atoms with van der Waals surface area (Å²) >= 11 is 0. The fourth-order valence-electron chi connectivity index (χ4n) is 2.14. The van der Waals surface area contributed by atoms with Crippen LogP contribution in [0.2, 0.25) is 0 Å². The highest BCUT2D eigenvalue weighted by Gasteiger charge is 2.26. The number of carbonyl (C=O) groups excluding carboxylic acids is 1. The fourth-order valence-corrected chi connectivity index (χ4v) is 2.14. The number of cyclic esters (lactones) is 1. The van der Waals surface area contributed by atoms with Gasteiger partial charge in [-0.2, -0.15) is 0 Å². The van der Waals surface area contributed by atoms with Crippen molar-refractivity contribution in [1.82, 2.24) is 0 Å². The van der Waals surface area contributed by atoms with Crippen molar-refractivity contribution in [3.63, 3.8) is 0 Å². The van der Waals surface area contributed by atoms with Crippen LogP contribution in [-0.4, -0.2) is 16.8 Å². The van der Waals surface area contributed by atoms with E-state index in [-0.39, 0.29) is 17.3 Å². The van der Waals surface area contributed by atoms with Crippen LogP contribution in [0.4, 0.5) is 5.69 Å². The van der Waals surface area contributed by atoms with E-state index in [1.54, 1.807) is 38.1 Å². The first-order chi connectivity index (χ1) is 10.9. The number of ether oxygens (including phenoxy) is 1. The molecule has 0 atom stereocenters. The number of benzene rings is 1. The van der Waals surface area contributed by atoms with Crippen LogP contribution in [0.1, 0.15) is 22.6 Å².